The molecular weight excluding hydrogens is 369 g/mol. The second-order valence-electron chi connectivity index (χ2n) is 5.97. The average Bonchev–Trinajstić information content (AvgIpc) is 2.72. The Labute approximate surface area is 159 Å². The number of nitrogens with zero attached hydrogens (tertiary/aromatic N) is 3. The lowest BCUT2D eigenvalue weighted by Gasteiger charge is -2.18. The molecule has 28 heavy (non-hydrogen) atoms. The van der Waals surface area contributed by atoms with Crippen LogP contribution in [-0.2, 0) is 11.0 Å². The zero-order chi connectivity index (χ0) is 20.1. The normalized spacial score (nSPS) is 11.1. The standard InChI is InChI=1S/C20H17F3N4O/c1-27(15-10-6-3-7-11-15)18(28)13-24-17-12-16(20(21,22)23)25-19(26-17)14-8-4-2-5-9-14/h2-12H,13H2,1H3,(H,24,25,26). The highest BCUT2D eigenvalue weighted by molar-refractivity contribution is 5.95. The quantitative estimate of drug-likeness (QED) is 0.713. The van der Waals surface area contributed by atoms with Crippen molar-refractivity contribution in [2.24, 2.45) is 0 Å². The number of likely N-dealkylation sites (N-methyl/N-ethyl adjacent to an activating group) is 1. The van der Waals surface area contributed by atoms with Gasteiger partial charge in [0.05, 0.1) is 6.54 Å². The van der Waals surface area contributed by atoms with Crippen molar-refractivity contribution in [2.45, 2.75) is 6.18 Å². The third kappa shape index (κ3) is 4.64. The monoisotopic (exact) mass is 386 g/mol. The number of halogens is 3. The molecule has 1 aromatic heterocycles. The molecule has 3 rings (SSSR count). The number of carbonyl (C=O) groups excluding carboxylic acids is 1. The molecule has 5 nitrogen and oxygen atoms in total. The number of carbonyl (C=O) groups is 1. The number of rotatable bonds is 5. The summed E-state index contributed by atoms with van der Waals surface area (Å²) in [6, 6.07) is 18.1. The molecule has 1 heterocycles. The number of benzene rings is 2. The summed E-state index contributed by atoms with van der Waals surface area (Å²) in [5, 5.41) is 2.68. The summed E-state index contributed by atoms with van der Waals surface area (Å²) < 4.78 is 39.7. The van der Waals surface area contributed by atoms with Crippen LogP contribution in [0.25, 0.3) is 11.4 Å². The van der Waals surface area contributed by atoms with E-state index in [1.807, 2.05) is 6.07 Å². The molecular formula is C20H17F3N4O. The summed E-state index contributed by atoms with van der Waals surface area (Å²) in [6.45, 7) is -0.214. The van der Waals surface area contributed by atoms with Gasteiger partial charge >= 0.3 is 6.18 Å². The first-order valence-electron chi connectivity index (χ1n) is 8.42. The van der Waals surface area contributed by atoms with Crippen molar-refractivity contribution in [2.75, 3.05) is 23.8 Å². The average molecular weight is 386 g/mol. The van der Waals surface area contributed by atoms with Crippen LogP contribution in [0, 0.1) is 0 Å². The van der Waals surface area contributed by atoms with Gasteiger partial charge in [-0.25, -0.2) is 9.97 Å². The fraction of sp³-hybridized carbons (Fsp3) is 0.150. The minimum absolute atomic E-state index is 0.0678. The van der Waals surface area contributed by atoms with E-state index in [-0.39, 0.29) is 24.1 Å². The number of hydrogen-bond donors (Lipinski definition) is 1. The molecule has 0 atom stereocenters. The lowest BCUT2D eigenvalue weighted by Crippen LogP contribution is -2.32. The molecule has 0 saturated carbocycles. The summed E-state index contributed by atoms with van der Waals surface area (Å²) in [4.78, 5) is 21.5. The zero-order valence-electron chi connectivity index (χ0n) is 14.9. The largest absolute Gasteiger partial charge is 0.433 e. The Balaban J connectivity index is 1.82. The van der Waals surface area contributed by atoms with Crippen LogP contribution in [0.5, 0.6) is 0 Å². The Morgan fingerprint density at radius 2 is 1.61 bits per heavy atom. The van der Waals surface area contributed by atoms with E-state index >= 15 is 0 Å². The molecule has 0 aliphatic carbocycles. The van der Waals surface area contributed by atoms with Crippen molar-refractivity contribution < 1.29 is 18.0 Å². The van der Waals surface area contributed by atoms with Crippen molar-refractivity contribution in [1.82, 2.24) is 9.97 Å². The van der Waals surface area contributed by atoms with Crippen LogP contribution in [0.1, 0.15) is 5.69 Å². The van der Waals surface area contributed by atoms with Crippen LogP contribution in [0.4, 0.5) is 24.7 Å². The van der Waals surface area contributed by atoms with E-state index in [1.54, 1.807) is 61.6 Å². The maximum absolute atomic E-state index is 13.2. The Hall–Kier alpha value is -3.42. The Morgan fingerprint density at radius 3 is 2.21 bits per heavy atom. The predicted molar refractivity (Wildman–Crippen MR) is 101 cm³/mol. The van der Waals surface area contributed by atoms with Crippen LogP contribution >= 0.6 is 0 Å². The first-order chi connectivity index (χ1) is 13.3. The molecule has 1 N–H and O–H groups in total. The van der Waals surface area contributed by atoms with Gasteiger partial charge in [-0.05, 0) is 12.1 Å². The van der Waals surface area contributed by atoms with Gasteiger partial charge in [0.15, 0.2) is 11.5 Å². The van der Waals surface area contributed by atoms with Gasteiger partial charge in [-0.2, -0.15) is 13.2 Å². The number of hydrogen-bond acceptors (Lipinski definition) is 4. The second kappa shape index (κ2) is 8.08. The van der Waals surface area contributed by atoms with Gasteiger partial charge in [-0.1, -0.05) is 48.5 Å². The van der Waals surface area contributed by atoms with Crippen LogP contribution in [0.2, 0.25) is 0 Å². The molecule has 0 bridgehead atoms. The van der Waals surface area contributed by atoms with E-state index in [0.29, 0.717) is 11.3 Å². The zero-order valence-corrected chi connectivity index (χ0v) is 14.9. The fourth-order valence-electron chi connectivity index (χ4n) is 2.48. The van der Waals surface area contributed by atoms with Crippen LogP contribution < -0.4 is 10.2 Å². The SMILES string of the molecule is CN(C(=O)CNc1cc(C(F)(F)F)nc(-c2ccccc2)n1)c1ccccc1. The molecule has 0 aliphatic rings. The van der Waals surface area contributed by atoms with E-state index < -0.39 is 11.9 Å². The number of aromatic nitrogens is 2. The van der Waals surface area contributed by atoms with Crippen molar-refractivity contribution >= 4 is 17.4 Å². The second-order valence-corrected chi connectivity index (χ2v) is 5.97. The maximum Gasteiger partial charge on any atom is 0.433 e. The minimum Gasteiger partial charge on any atom is -0.361 e. The summed E-state index contributed by atoms with van der Waals surface area (Å²) in [5.74, 6) is -0.461. The molecule has 0 fully saturated rings. The van der Waals surface area contributed by atoms with Crippen molar-refractivity contribution in [3.05, 3.63) is 72.4 Å². The number of amides is 1. The third-order valence-electron chi connectivity index (χ3n) is 3.99. The van der Waals surface area contributed by atoms with E-state index in [1.165, 1.54) is 4.90 Å². The van der Waals surface area contributed by atoms with Gasteiger partial charge in [0.25, 0.3) is 0 Å². The van der Waals surface area contributed by atoms with E-state index in [4.69, 9.17) is 0 Å². The van der Waals surface area contributed by atoms with Crippen LogP contribution in [0.3, 0.4) is 0 Å². The molecule has 0 unspecified atom stereocenters. The maximum atomic E-state index is 13.2. The molecule has 144 valence electrons. The number of anilines is 2. The Kier molecular flexibility index (Phi) is 5.58. The summed E-state index contributed by atoms with van der Waals surface area (Å²) in [5.41, 5.74) is 0.0510. The van der Waals surface area contributed by atoms with Crippen molar-refractivity contribution in [1.29, 1.82) is 0 Å². The van der Waals surface area contributed by atoms with Gasteiger partial charge in [0, 0.05) is 24.4 Å². The summed E-state index contributed by atoms with van der Waals surface area (Å²) in [7, 11) is 1.59. The topological polar surface area (TPSA) is 58.1 Å². The van der Waals surface area contributed by atoms with Crippen molar-refractivity contribution in [3.8, 4) is 11.4 Å². The number of para-hydroxylation sites is 1. The molecule has 0 spiro atoms. The lowest BCUT2D eigenvalue weighted by atomic mass is 10.2. The third-order valence-corrected chi connectivity index (χ3v) is 3.99. The number of alkyl halides is 3. The lowest BCUT2D eigenvalue weighted by molar-refractivity contribution is -0.141. The van der Waals surface area contributed by atoms with Gasteiger partial charge in [-0.15, -0.1) is 0 Å². The molecule has 0 radical (unpaired) electrons. The summed E-state index contributed by atoms with van der Waals surface area (Å²) in [6.07, 6.45) is -4.63. The van der Waals surface area contributed by atoms with Crippen LogP contribution in [0.15, 0.2) is 66.7 Å². The molecule has 8 heteroatoms. The molecule has 0 saturated heterocycles. The first-order valence-corrected chi connectivity index (χ1v) is 8.42. The van der Waals surface area contributed by atoms with E-state index in [0.717, 1.165) is 6.07 Å². The fourth-order valence-corrected chi connectivity index (χ4v) is 2.48. The first kappa shape index (κ1) is 19.3. The van der Waals surface area contributed by atoms with Gasteiger partial charge in [0.1, 0.15) is 5.82 Å². The summed E-state index contributed by atoms with van der Waals surface area (Å²) >= 11 is 0. The van der Waals surface area contributed by atoms with Crippen LogP contribution in [-0.4, -0.2) is 29.5 Å². The number of nitrogens with one attached hydrogen (secondary N) is 1. The molecule has 2 aromatic carbocycles. The Morgan fingerprint density at radius 1 is 1.00 bits per heavy atom. The minimum atomic E-state index is -4.63. The highest BCUT2D eigenvalue weighted by Crippen LogP contribution is 2.30. The molecule has 0 aliphatic heterocycles. The van der Waals surface area contributed by atoms with E-state index in [2.05, 4.69) is 15.3 Å². The highest BCUT2D eigenvalue weighted by Gasteiger charge is 2.34. The molecule has 3 aromatic rings. The van der Waals surface area contributed by atoms with Gasteiger partial charge in [-0.3, -0.25) is 4.79 Å². The predicted octanol–water partition coefficient (Wildman–Crippen LogP) is 4.24. The van der Waals surface area contributed by atoms with Crippen molar-refractivity contribution in [3.63, 3.8) is 0 Å². The highest BCUT2D eigenvalue weighted by atomic mass is 19.4. The molecule has 1 amide bonds. The van der Waals surface area contributed by atoms with Gasteiger partial charge < -0.3 is 10.2 Å². The van der Waals surface area contributed by atoms with Gasteiger partial charge in [0.2, 0.25) is 5.91 Å². The smallest absolute Gasteiger partial charge is 0.361 e. The Bertz CT molecular complexity index is 947. The van der Waals surface area contributed by atoms with E-state index in [9.17, 15) is 18.0 Å².